The topological polar surface area (TPSA) is 71.1 Å². The van der Waals surface area contributed by atoms with Crippen LogP contribution in [0.15, 0.2) is 0 Å². The molecule has 0 aliphatic carbocycles. The monoisotopic (exact) mass is 232 g/mol. The highest BCUT2D eigenvalue weighted by Crippen LogP contribution is 2.08. The Morgan fingerprint density at radius 3 is 1.62 bits per heavy atom. The summed E-state index contributed by atoms with van der Waals surface area (Å²) in [6, 6.07) is 0. The first kappa shape index (κ1) is 12.9. The molecule has 0 aromatic rings. The molecule has 0 saturated carbocycles. The third-order valence-corrected chi connectivity index (χ3v) is 1.98. The lowest BCUT2D eigenvalue weighted by Gasteiger charge is -2.28. The van der Waals surface area contributed by atoms with Gasteiger partial charge in [-0.25, -0.2) is 0 Å². The van der Waals surface area contributed by atoms with E-state index in [4.69, 9.17) is 18.9 Å². The van der Waals surface area contributed by atoms with Crippen LogP contribution in [0.1, 0.15) is 13.8 Å². The van der Waals surface area contributed by atoms with Crippen molar-refractivity contribution >= 4 is 11.9 Å². The molecular weight excluding hydrogens is 216 g/mol. The highest BCUT2D eigenvalue weighted by Gasteiger charge is 2.23. The van der Waals surface area contributed by atoms with Crippen molar-refractivity contribution < 1.29 is 28.5 Å². The summed E-state index contributed by atoms with van der Waals surface area (Å²) in [4.78, 5) is 21.1. The zero-order valence-corrected chi connectivity index (χ0v) is 9.43. The molecule has 6 heteroatoms. The van der Waals surface area contributed by atoms with E-state index in [1.165, 1.54) is 13.8 Å². The van der Waals surface area contributed by atoms with Gasteiger partial charge >= 0.3 is 11.9 Å². The zero-order chi connectivity index (χ0) is 12.0. The van der Waals surface area contributed by atoms with E-state index in [2.05, 4.69) is 0 Å². The third-order valence-electron chi connectivity index (χ3n) is 1.98. The van der Waals surface area contributed by atoms with E-state index in [9.17, 15) is 9.59 Å². The Bertz CT molecular complexity index is 218. The minimum absolute atomic E-state index is 0.190. The minimum atomic E-state index is -0.342. The van der Waals surface area contributed by atoms with Crippen LogP contribution in [0.3, 0.4) is 0 Å². The van der Waals surface area contributed by atoms with Gasteiger partial charge in [0.2, 0.25) is 0 Å². The van der Waals surface area contributed by atoms with Gasteiger partial charge in [-0.3, -0.25) is 9.59 Å². The summed E-state index contributed by atoms with van der Waals surface area (Å²) in [7, 11) is 0. The van der Waals surface area contributed by atoms with Crippen LogP contribution in [0.2, 0.25) is 0 Å². The molecule has 1 heterocycles. The van der Waals surface area contributed by atoms with Crippen LogP contribution >= 0.6 is 0 Å². The highest BCUT2D eigenvalue weighted by molar-refractivity contribution is 5.66. The van der Waals surface area contributed by atoms with E-state index in [0.717, 1.165) is 0 Å². The summed E-state index contributed by atoms with van der Waals surface area (Å²) in [5.74, 6) is -0.684. The first-order chi connectivity index (χ1) is 7.58. The molecule has 1 fully saturated rings. The standard InChI is InChI=1S/C10H16O6/c1-7(11)13-3-9-5-16-10(6-15-9)4-14-8(2)12/h9-10H,3-6H2,1-2H3/t9-,10-/m0/s1. The second-order valence-electron chi connectivity index (χ2n) is 3.52. The Kier molecular flexibility index (Phi) is 5.21. The zero-order valence-electron chi connectivity index (χ0n) is 9.43. The largest absolute Gasteiger partial charge is 0.463 e. The molecule has 0 amide bonds. The van der Waals surface area contributed by atoms with Crippen molar-refractivity contribution in [3.8, 4) is 0 Å². The number of hydrogen-bond donors (Lipinski definition) is 0. The van der Waals surface area contributed by atoms with Gasteiger partial charge in [0, 0.05) is 13.8 Å². The first-order valence-corrected chi connectivity index (χ1v) is 5.08. The summed E-state index contributed by atoms with van der Waals surface area (Å²) in [5, 5.41) is 0. The fraction of sp³-hybridized carbons (Fsp3) is 0.800. The average Bonchev–Trinajstić information content (AvgIpc) is 2.25. The SMILES string of the molecule is CC(=O)OC[C@H]1CO[C@@H](COC(C)=O)CO1. The van der Waals surface area contributed by atoms with E-state index in [1.54, 1.807) is 0 Å². The third kappa shape index (κ3) is 5.09. The number of rotatable bonds is 4. The molecule has 0 unspecified atom stereocenters. The minimum Gasteiger partial charge on any atom is -0.463 e. The fourth-order valence-corrected chi connectivity index (χ4v) is 1.20. The van der Waals surface area contributed by atoms with E-state index in [1.807, 2.05) is 0 Å². The lowest BCUT2D eigenvalue weighted by Crippen LogP contribution is -2.40. The van der Waals surface area contributed by atoms with Crippen molar-refractivity contribution in [3.63, 3.8) is 0 Å². The molecule has 0 aromatic carbocycles. The molecule has 0 radical (unpaired) electrons. The van der Waals surface area contributed by atoms with Crippen LogP contribution in [0.25, 0.3) is 0 Å². The van der Waals surface area contributed by atoms with Crippen LogP contribution in [0.5, 0.6) is 0 Å². The second kappa shape index (κ2) is 6.44. The van der Waals surface area contributed by atoms with Gasteiger partial charge < -0.3 is 18.9 Å². The van der Waals surface area contributed by atoms with Crippen molar-refractivity contribution in [2.24, 2.45) is 0 Å². The van der Waals surface area contributed by atoms with E-state index < -0.39 is 0 Å². The maximum atomic E-state index is 10.6. The van der Waals surface area contributed by atoms with Crippen molar-refractivity contribution in [3.05, 3.63) is 0 Å². The fourth-order valence-electron chi connectivity index (χ4n) is 1.20. The quantitative estimate of drug-likeness (QED) is 0.630. The number of carbonyl (C=O) groups is 2. The summed E-state index contributed by atoms with van der Waals surface area (Å²) in [5.41, 5.74) is 0. The lowest BCUT2D eigenvalue weighted by molar-refractivity contribution is -0.178. The van der Waals surface area contributed by atoms with Crippen molar-refractivity contribution in [2.45, 2.75) is 26.1 Å². The maximum Gasteiger partial charge on any atom is 0.302 e. The van der Waals surface area contributed by atoms with Gasteiger partial charge in [-0.1, -0.05) is 0 Å². The van der Waals surface area contributed by atoms with E-state index >= 15 is 0 Å². The summed E-state index contributed by atoms with van der Waals surface area (Å²) in [6.45, 7) is 3.73. The molecule has 92 valence electrons. The van der Waals surface area contributed by atoms with Crippen LogP contribution in [0.4, 0.5) is 0 Å². The Labute approximate surface area is 93.8 Å². The van der Waals surface area contributed by atoms with Gasteiger partial charge in [-0.15, -0.1) is 0 Å². The Morgan fingerprint density at radius 1 is 1.00 bits per heavy atom. The molecule has 0 bridgehead atoms. The van der Waals surface area contributed by atoms with Crippen molar-refractivity contribution in [2.75, 3.05) is 26.4 Å². The number of hydrogen-bond acceptors (Lipinski definition) is 6. The molecule has 2 atom stereocenters. The van der Waals surface area contributed by atoms with Gasteiger partial charge in [0.25, 0.3) is 0 Å². The van der Waals surface area contributed by atoms with Gasteiger partial charge in [-0.05, 0) is 0 Å². The van der Waals surface area contributed by atoms with Crippen LogP contribution in [0, 0.1) is 0 Å². The molecule has 1 saturated heterocycles. The summed E-state index contributed by atoms with van der Waals surface area (Å²) in [6.07, 6.45) is -0.477. The number of carbonyl (C=O) groups excluding carboxylic acids is 2. The lowest BCUT2D eigenvalue weighted by atomic mass is 10.3. The molecule has 0 aromatic heterocycles. The van der Waals surface area contributed by atoms with Crippen molar-refractivity contribution in [1.82, 2.24) is 0 Å². The van der Waals surface area contributed by atoms with Gasteiger partial charge in [-0.2, -0.15) is 0 Å². The molecule has 0 spiro atoms. The predicted molar refractivity (Wildman–Crippen MR) is 52.7 cm³/mol. The molecule has 16 heavy (non-hydrogen) atoms. The van der Waals surface area contributed by atoms with Gasteiger partial charge in [0.05, 0.1) is 13.2 Å². The Morgan fingerprint density at radius 2 is 1.38 bits per heavy atom. The smallest absolute Gasteiger partial charge is 0.302 e. The highest BCUT2D eigenvalue weighted by atomic mass is 16.6. The van der Waals surface area contributed by atoms with Crippen LogP contribution in [-0.4, -0.2) is 50.6 Å². The summed E-state index contributed by atoms with van der Waals surface area (Å²) >= 11 is 0. The van der Waals surface area contributed by atoms with Crippen molar-refractivity contribution in [1.29, 1.82) is 0 Å². The first-order valence-electron chi connectivity index (χ1n) is 5.08. The van der Waals surface area contributed by atoms with Gasteiger partial charge in [0.15, 0.2) is 0 Å². The molecule has 1 aliphatic heterocycles. The normalized spacial score (nSPS) is 24.9. The number of ether oxygens (including phenoxy) is 4. The van der Waals surface area contributed by atoms with Gasteiger partial charge in [0.1, 0.15) is 25.4 Å². The molecule has 6 nitrogen and oxygen atoms in total. The molecule has 1 rings (SSSR count). The van der Waals surface area contributed by atoms with E-state index in [-0.39, 0.29) is 37.4 Å². The molecule has 1 aliphatic rings. The van der Waals surface area contributed by atoms with Crippen LogP contribution in [-0.2, 0) is 28.5 Å². The average molecular weight is 232 g/mol. The molecular formula is C10H16O6. The summed E-state index contributed by atoms with van der Waals surface area (Å²) < 4.78 is 20.3. The predicted octanol–water partition coefficient (Wildman–Crippen LogP) is -0.103. The Balaban J connectivity index is 2.13. The second-order valence-corrected chi connectivity index (χ2v) is 3.52. The van der Waals surface area contributed by atoms with E-state index in [0.29, 0.717) is 13.2 Å². The number of esters is 2. The van der Waals surface area contributed by atoms with Crippen LogP contribution < -0.4 is 0 Å². The maximum absolute atomic E-state index is 10.6. The Hall–Kier alpha value is -1.14. The molecule has 0 N–H and O–H groups in total.